The fraction of sp³-hybridized carbons (Fsp3) is 0.462. The summed E-state index contributed by atoms with van der Waals surface area (Å²) in [6, 6.07) is 3.88. The maximum Gasteiger partial charge on any atom is 0.309 e. The van der Waals surface area contributed by atoms with Crippen molar-refractivity contribution in [1.82, 2.24) is 0 Å². The Balaban J connectivity index is 3.47. The average Bonchev–Trinajstić information content (AvgIpc) is 2.25. The Morgan fingerprint density at radius 1 is 1.05 bits per heavy atom. The molecule has 1 aromatic rings. The zero-order valence-electron chi connectivity index (χ0n) is 12.2. The van der Waals surface area contributed by atoms with Gasteiger partial charge in [0.25, 0.3) is 0 Å². The van der Waals surface area contributed by atoms with E-state index < -0.39 is 31.1 Å². The SMILES string of the molecule is CC(C)(Cc1ccc(S(C)(=O)=O)c(S(C)(=O)=O)c1)C(=O)O. The van der Waals surface area contributed by atoms with Gasteiger partial charge in [0, 0.05) is 12.5 Å². The van der Waals surface area contributed by atoms with E-state index in [1.54, 1.807) is 0 Å². The van der Waals surface area contributed by atoms with Crippen LogP contribution in [0.3, 0.4) is 0 Å². The molecule has 0 aliphatic carbocycles. The van der Waals surface area contributed by atoms with Crippen LogP contribution in [0.1, 0.15) is 19.4 Å². The fourth-order valence-electron chi connectivity index (χ4n) is 1.84. The van der Waals surface area contributed by atoms with Gasteiger partial charge in [-0.25, -0.2) is 16.8 Å². The van der Waals surface area contributed by atoms with Crippen molar-refractivity contribution in [2.75, 3.05) is 12.5 Å². The van der Waals surface area contributed by atoms with Crippen molar-refractivity contribution in [3.05, 3.63) is 23.8 Å². The smallest absolute Gasteiger partial charge is 0.309 e. The molecule has 1 N–H and O–H groups in total. The van der Waals surface area contributed by atoms with E-state index in [0.717, 1.165) is 12.5 Å². The van der Waals surface area contributed by atoms with Crippen molar-refractivity contribution < 1.29 is 26.7 Å². The average molecular weight is 334 g/mol. The standard InChI is InChI=1S/C13H18O6S2/c1-13(2,12(14)15)8-9-5-6-10(20(3,16)17)11(7-9)21(4,18)19/h5-7H,8H2,1-4H3,(H,14,15). The van der Waals surface area contributed by atoms with Crippen molar-refractivity contribution in [3.63, 3.8) is 0 Å². The molecule has 21 heavy (non-hydrogen) atoms. The number of rotatable bonds is 5. The summed E-state index contributed by atoms with van der Waals surface area (Å²) in [5.41, 5.74) is -0.628. The van der Waals surface area contributed by atoms with Crippen molar-refractivity contribution in [2.45, 2.75) is 30.1 Å². The first kappa shape index (κ1) is 17.6. The van der Waals surface area contributed by atoms with E-state index in [4.69, 9.17) is 5.11 Å². The largest absolute Gasteiger partial charge is 0.481 e. The minimum atomic E-state index is -3.74. The summed E-state index contributed by atoms with van der Waals surface area (Å²) in [6.45, 7) is 3.03. The van der Waals surface area contributed by atoms with Crippen molar-refractivity contribution in [3.8, 4) is 0 Å². The van der Waals surface area contributed by atoms with Crippen LogP contribution in [-0.4, -0.2) is 40.4 Å². The molecule has 118 valence electrons. The van der Waals surface area contributed by atoms with Crippen LogP contribution in [0.15, 0.2) is 28.0 Å². The molecule has 8 heteroatoms. The summed E-state index contributed by atoms with van der Waals surface area (Å²) < 4.78 is 46.8. The zero-order valence-corrected chi connectivity index (χ0v) is 13.9. The van der Waals surface area contributed by atoms with Gasteiger partial charge < -0.3 is 5.11 Å². The second kappa shape index (κ2) is 5.42. The molecule has 0 amide bonds. The molecule has 0 fully saturated rings. The molecule has 0 unspecified atom stereocenters. The van der Waals surface area contributed by atoms with E-state index >= 15 is 0 Å². The molecule has 0 bridgehead atoms. The van der Waals surface area contributed by atoms with Crippen molar-refractivity contribution >= 4 is 25.6 Å². The molecular formula is C13H18O6S2. The van der Waals surface area contributed by atoms with Gasteiger partial charge in [-0.3, -0.25) is 4.79 Å². The molecular weight excluding hydrogens is 316 g/mol. The number of benzene rings is 1. The molecule has 0 atom stereocenters. The summed E-state index contributed by atoms with van der Waals surface area (Å²) in [7, 11) is -7.43. The normalized spacial score (nSPS) is 13.1. The molecule has 0 saturated carbocycles. The molecule has 1 aromatic carbocycles. The summed E-state index contributed by atoms with van der Waals surface area (Å²) in [5.74, 6) is -1.02. The number of carbonyl (C=O) groups is 1. The van der Waals surface area contributed by atoms with Gasteiger partial charge >= 0.3 is 5.97 Å². The van der Waals surface area contributed by atoms with Crippen LogP contribution < -0.4 is 0 Å². The number of aliphatic carboxylic acids is 1. The van der Waals surface area contributed by atoms with Crippen LogP contribution in [0.4, 0.5) is 0 Å². The summed E-state index contributed by atoms with van der Waals surface area (Å²) in [5, 5.41) is 9.10. The predicted molar refractivity (Wildman–Crippen MR) is 77.8 cm³/mol. The second-order valence-electron chi connectivity index (χ2n) is 5.69. The van der Waals surface area contributed by atoms with Gasteiger partial charge in [0.05, 0.1) is 15.2 Å². The summed E-state index contributed by atoms with van der Waals surface area (Å²) >= 11 is 0. The van der Waals surface area contributed by atoms with Gasteiger partial charge in [-0.2, -0.15) is 0 Å². The molecule has 1 rings (SSSR count). The summed E-state index contributed by atoms with van der Waals surface area (Å²) in [6.07, 6.45) is 1.94. The first-order valence-electron chi connectivity index (χ1n) is 6.01. The van der Waals surface area contributed by atoms with Crippen molar-refractivity contribution in [1.29, 1.82) is 0 Å². The topological polar surface area (TPSA) is 106 Å². The third kappa shape index (κ3) is 4.28. The Morgan fingerprint density at radius 2 is 1.52 bits per heavy atom. The number of hydrogen-bond acceptors (Lipinski definition) is 5. The van der Waals surface area contributed by atoms with Crippen LogP contribution in [-0.2, 0) is 30.9 Å². The second-order valence-corrected chi connectivity index (χ2v) is 9.66. The Labute approximate surface area is 124 Å². The lowest BCUT2D eigenvalue weighted by Gasteiger charge is -2.19. The first-order valence-corrected chi connectivity index (χ1v) is 9.80. The zero-order chi connectivity index (χ0) is 16.6. The maximum absolute atomic E-state index is 11.8. The van der Waals surface area contributed by atoms with Crippen molar-refractivity contribution in [2.24, 2.45) is 5.41 Å². The quantitative estimate of drug-likeness (QED) is 0.866. The minimum Gasteiger partial charge on any atom is -0.481 e. The fourth-order valence-corrected chi connectivity index (χ4v) is 4.29. The Bertz CT molecular complexity index is 773. The van der Waals surface area contributed by atoms with E-state index in [-0.39, 0.29) is 16.2 Å². The number of hydrogen-bond donors (Lipinski definition) is 1. The number of carboxylic acid groups (broad SMARTS) is 1. The Hall–Kier alpha value is -1.41. The summed E-state index contributed by atoms with van der Waals surface area (Å²) in [4.78, 5) is 10.5. The van der Waals surface area contributed by atoms with Gasteiger partial charge in [0.15, 0.2) is 19.7 Å². The minimum absolute atomic E-state index is 0.0922. The lowest BCUT2D eigenvalue weighted by molar-refractivity contribution is -0.146. The molecule has 0 aromatic heterocycles. The van der Waals surface area contributed by atoms with Crippen LogP contribution >= 0.6 is 0 Å². The molecule has 0 aliphatic rings. The highest BCUT2D eigenvalue weighted by Gasteiger charge is 2.29. The molecule has 0 saturated heterocycles. The lowest BCUT2D eigenvalue weighted by Crippen LogP contribution is -2.26. The number of carboxylic acids is 1. The monoisotopic (exact) mass is 334 g/mol. The van der Waals surface area contributed by atoms with E-state index in [1.807, 2.05) is 0 Å². The van der Waals surface area contributed by atoms with Crippen LogP contribution in [0.5, 0.6) is 0 Å². The Morgan fingerprint density at radius 3 is 1.90 bits per heavy atom. The molecule has 6 nitrogen and oxygen atoms in total. The van der Waals surface area contributed by atoms with Crippen LogP contribution in [0, 0.1) is 5.41 Å². The molecule has 0 heterocycles. The van der Waals surface area contributed by atoms with E-state index in [2.05, 4.69) is 0 Å². The third-order valence-electron chi connectivity index (χ3n) is 3.03. The van der Waals surface area contributed by atoms with E-state index in [0.29, 0.717) is 5.56 Å². The third-order valence-corrected chi connectivity index (χ3v) is 5.45. The van der Waals surface area contributed by atoms with E-state index in [9.17, 15) is 21.6 Å². The van der Waals surface area contributed by atoms with Gasteiger partial charge in [-0.05, 0) is 38.0 Å². The first-order chi connectivity index (χ1) is 9.25. The molecule has 0 radical (unpaired) electrons. The lowest BCUT2D eigenvalue weighted by atomic mass is 9.86. The predicted octanol–water partition coefficient (Wildman–Crippen LogP) is 1.15. The van der Waals surface area contributed by atoms with Gasteiger partial charge in [0.2, 0.25) is 0 Å². The number of sulfone groups is 2. The van der Waals surface area contributed by atoms with Crippen LogP contribution in [0.25, 0.3) is 0 Å². The van der Waals surface area contributed by atoms with Gasteiger partial charge in [-0.1, -0.05) is 6.07 Å². The highest BCUT2D eigenvalue weighted by molar-refractivity contribution is 7.93. The molecule has 0 spiro atoms. The maximum atomic E-state index is 11.8. The van der Waals surface area contributed by atoms with Gasteiger partial charge in [-0.15, -0.1) is 0 Å². The van der Waals surface area contributed by atoms with Crippen LogP contribution in [0.2, 0.25) is 0 Å². The highest BCUT2D eigenvalue weighted by atomic mass is 32.2. The molecule has 0 aliphatic heterocycles. The highest BCUT2D eigenvalue weighted by Crippen LogP contribution is 2.27. The van der Waals surface area contributed by atoms with Gasteiger partial charge in [0.1, 0.15) is 0 Å². The Kier molecular flexibility index (Phi) is 4.55. The van der Waals surface area contributed by atoms with E-state index in [1.165, 1.54) is 32.0 Å².